The van der Waals surface area contributed by atoms with Crippen molar-refractivity contribution in [3.8, 4) is 44.5 Å². The Kier molecular flexibility index (Phi) is 9.27. The van der Waals surface area contributed by atoms with Crippen LogP contribution in [0, 0.1) is 0 Å². The van der Waals surface area contributed by atoms with E-state index in [9.17, 15) is 0 Å². The molecule has 3 nitrogen and oxygen atoms in total. The van der Waals surface area contributed by atoms with E-state index in [2.05, 4.69) is 234 Å². The lowest BCUT2D eigenvalue weighted by Crippen LogP contribution is -2.35. The molecule has 12 rings (SSSR count). The molecule has 8 aromatic carbocycles. The van der Waals surface area contributed by atoms with Crippen LogP contribution in [-0.2, 0) is 4.74 Å². The van der Waals surface area contributed by atoms with Crippen LogP contribution in [0.4, 0.5) is 22.7 Å². The minimum Gasteiger partial charge on any atom is -0.366 e. The molecule has 62 heavy (non-hydrogen) atoms. The first-order valence-electron chi connectivity index (χ1n) is 21.7. The van der Waals surface area contributed by atoms with E-state index in [4.69, 9.17) is 4.74 Å². The first-order chi connectivity index (χ1) is 30.7. The van der Waals surface area contributed by atoms with Gasteiger partial charge in [0, 0.05) is 27.6 Å². The second kappa shape index (κ2) is 15.6. The fourth-order valence-corrected chi connectivity index (χ4v) is 11.7. The van der Waals surface area contributed by atoms with Crippen LogP contribution in [0.3, 0.4) is 0 Å². The average molecular weight is 817 g/mol. The van der Waals surface area contributed by atoms with Crippen LogP contribution in [-0.4, -0.2) is 23.5 Å². The van der Waals surface area contributed by atoms with E-state index in [1.54, 1.807) is 0 Å². The number of nitrogens with zero attached hydrogens (tertiary/aromatic N) is 2. The van der Waals surface area contributed by atoms with Gasteiger partial charge in [-0.2, -0.15) is 0 Å². The van der Waals surface area contributed by atoms with Crippen molar-refractivity contribution >= 4 is 34.5 Å². The second-order valence-corrected chi connectivity index (χ2v) is 17.9. The highest BCUT2D eigenvalue weighted by Gasteiger charge is 2.59. The van der Waals surface area contributed by atoms with Gasteiger partial charge in [0.25, 0.3) is 0 Å². The molecule has 2 saturated heterocycles. The zero-order valence-electron chi connectivity index (χ0n) is 34.2. The lowest BCUT2D eigenvalue weighted by molar-refractivity contribution is 0.0569. The Bertz CT molecular complexity index is 2930. The summed E-state index contributed by atoms with van der Waals surface area (Å²) in [6.07, 6.45) is 8.09. The number of thioether (sulfide) groups is 1. The summed E-state index contributed by atoms with van der Waals surface area (Å²) >= 11 is 2.01. The van der Waals surface area contributed by atoms with E-state index in [0.29, 0.717) is 5.25 Å². The van der Waals surface area contributed by atoms with E-state index >= 15 is 0 Å². The van der Waals surface area contributed by atoms with Crippen LogP contribution in [0.25, 0.3) is 44.5 Å². The first kappa shape index (κ1) is 37.0. The van der Waals surface area contributed by atoms with Crippen LogP contribution < -0.4 is 9.80 Å². The molecule has 0 amide bonds. The molecule has 3 aliphatic heterocycles. The average Bonchev–Trinajstić information content (AvgIpc) is 4.01. The standard InChI is InChI=1S/C58H44N2OS/c1-3-11-39(12-4-1)41-19-21-42(22-20-41)44-25-33-48(34-26-44)59(47-31-23-43(24-32-47)40-13-5-2-6-14-40)49-35-27-45(28-36-49)46-29-37-50(38-30-46)60-55-51-15-7-9-17-53(51)61-57(55)58-56(60)52-16-8-10-18-54(52)62-58/h1-16,18-38,53,55-58H,17H2. The van der Waals surface area contributed by atoms with Gasteiger partial charge in [0.15, 0.2) is 0 Å². The highest BCUT2D eigenvalue weighted by atomic mass is 32.2. The number of fused-ring (bicyclic) bond motifs is 7. The van der Waals surface area contributed by atoms with Gasteiger partial charge < -0.3 is 14.5 Å². The molecule has 5 unspecified atom stereocenters. The third-order valence-electron chi connectivity index (χ3n) is 13.2. The molecular weight excluding hydrogens is 773 g/mol. The summed E-state index contributed by atoms with van der Waals surface area (Å²) in [4.78, 5) is 6.42. The van der Waals surface area contributed by atoms with E-state index in [1.165, 1.54) is 66.2 Å². The van der Waals surface area contributed by atoms with Crippen molar-refractivity contribution in [1.82, 2.24) is 0 Å². The molecule has 5 atom stereocenters. The van der Waals surface area contributed by atoms with Crippen molar-refractivity contribution in [3.05, 3.63) is 236 Å². The molecule has 8 aromatic rings. The molecule has 1 aliphatic carbocycles. The van der Waals surface area contributed by atoms with Gasteiger partial charge in [0.2, 0.25) is 0 Å². The van der Waals surface area contributed by atoms with E-state index < -0.39 is 0 Å². The second-order valence-electron chi connectivity index (χ2n) is 16.7. The number of benzene rings is 8. The first-order valence-corrected chi connectivity index (χ1v) is 22.6. The third-order valence-corrected chi connectivity index (χ3v) is 14.6. The fraction of sp³-hybridized carbons (Fsp3) is 0.103. The van der Waals surface area contributed by atoms with E-state index in [1.807, 2.05) is 11.8 Å². The molecule has 0 spiro atoms. The molecule has 3 heterocycles. The van der Waals surface area contributed by atoms with Gasteiger partial charge in [-0.25, -0.2) is 0 Å². The molecule has 0 saturated carbocycles. The lowest BCUT2D eigenvalue weighted by Gasteiger charge is -2.33. The number of anilines is 4. The minimum atomic E-state index is 0.168. The zero-order valence-corrected chi connectivity index (χ0v) is 35.0. The summed E-state index contributed by atoms with van der Waals surface area (Å²) in [5.74, 6) is 0. The van der Waals surface area contributed by atoms with Crippen molar-refractivity contribution < 1.29 is 4.74 Å². The number of hydrogen-bond acceptors (Lipinski definition) is 4. The number of rotatable bonds is 8. The summed E-state index contributed by atoms with van der Waals surface area (Å²) in [5, 5.41) is 0.372. The van der Waals surface area contributed by atoms with E-state index in [0.717, 1.165) is 23.5 Å². The summed E-state index contributed by atoms with van der Waals surface area (Å²) in [6, 6.07) is 75.7. The Balaban J connectivity index is 0.849. The predicted molar refractivity (Wildman–Crippen MR) is 258 cm³/mol. The molecule has 0 bridgehead atoms. The molecule has 4 aliphatic rings. The van der Waals surface area contributed by atoms with Gasteiger partial charge in [-0.15, -0.1) is 11.8 Å². The lowest BCUT2D eigenvalue weighted by atomic mass is 9.95. The Morgan fingerprint density at radius 1 is 0.452 bits per heavy atom. The Hall–Kier alpha value is -6.85. The van der Waals surface area contributed by atoms with Gasteiger partial charge in [-0.05, 0) is 117 Å². The van der Waals surface area contributed by atoms with Crippen LogP contribution >= 0.6 is 11.8 Å². The fourth-order valence-electron chi connectivity index (χ4n) is 10.1. The summed E-state index contributed by atoms with van der Waals surface area (Å²) in [5.41, 5.74) is 17.1. The molecule has 298 valence electrons. The monoisotopic (exact) mass is 816 g/mol. The largest absolute Gasteiger partial charge is 0.366 e. The number of hydrogen-bond donors (Lipinski definition) is 0. The topological polar surface area (TPSA) is 15.7 Å². The van der Waals surface area contributed by atoms with E-state index in [-0.39, 0.29) is 24.3 Å². The van der Waals surface area contributed by atoms with Crippen molar-refractivity contribution in [2.45, 2.75) is 40.9 Å². The smallest absolute Gasteiger partial charge is 0.0971 e. The Morgan fingerprint density at radius 3 is 1.40 bits per heavy atom. The molecule has 4 heteroatoms. The molecule has 0 N–H and O–H groups in total. The van der Waals surface area contributed by atoms with Crippen LogP contribution in [0.15, 0.2) is 235 Å². The van der Waals surface area contributed by atoms with Gasteiger partial charge >= 0.3 is 0 Å². The third kappa shape index (κ3) is 6.50. The maximum Gasteiger partial charge on any atom is 0.0971 e. The predicted octanol–water partition coefficient (Wildman–Crippen LogP) is 14.9. The maximum atomic E-state index is 6.86. The highest BCUT2D eigenvalue weighted by molar-refractivity contribution is 8.00. The van der Waals surface area contributed by atoms with Crippen LogP contribution in [0.5, 0.6) is 0 Å². The summed E-state index contributed by atoms with van der Waals surface area (Å²) in [7, 11) is 0. The Morgan fingerprint density at radius 2 is 0.887 bits per heavy atom. The highest BCUT2D eigenvalue weighted by Crippen LogP contribution is 2.59. The quantitative estimate of drug-likeness (QED) is 0.152. The molecule has 0 aromatic heterocycles. The van der Waals surface area contributed by atoms with Crippen LogP contribution in [0.2, 0.25) is 0 Å². The number of ether oxygens (including phenoxy) is 1. The Labute approximate surface area is 368 Å². The van der Waals surface area contributed by atoms with Crippen molar-refractivity contribution in [2.75, 3.05) is 9.80 Å². The summed E-state index contributed by atoms with van der Waals surface area (Å²) in [6.45, 7) is 0. The van der Waals surface area contributed by atoms with Crippen molar-refractivity contribution in [3.63, 3.8) is 0 Å². The molecule has 0 radical (unpaired) electrons. The summed E-state index contributed by atoms with van der Waals surface area (Å²) < 4.78 is 6.86. The zero-order chi connectivity index (χ0) is 41.0. The van der Waals surface area contributed by atoms with Gasteiger partial charge in [0.05, 0.1) is 29.5 Å². The number of allylic oxidation sites excluding steroid dienone is 2. The minimum absolute atomic E-state index is 0.168. The SMILES string of the molecule is C1=CCC2OC3C4Sc5ccccc5C4N(c4ccc(-c5ccc(N(c6ccc(-c7ccccc7)cc6)c6ccc(-c7ccc(-c8ccccc8)cc7)cc6)cc5)cc4)C3C2=C1. The van der Waals surface area contributed by atoms with Gasteiger partial charge in [0.1, 0.15) is 0 Å². The maximum absolute atomic E-state index is 6.86. The van der Waals surface area contributed by atoms with Gasteiger partial charge in [-0.3, -0.25) is 0 Å². The normalized spacial score (nSPS) is 20.5. The van der Waals surface area contributed by atoms with Gasteiger partial charge in [-0.1, -0.05) is 170 Å². The molecular formula is C58H44N2OS. The van der Waals surface area contributed by atoms with Crippen LogP contribution in [0.1, 0.15) is 18.0 Å². The van der Waals surface area contributed by atoms with Crippen molar-refractivity contribution in [1.29, 1.82) is 0 Å². The van der Waals surface area contributed by atoms with Crippen molar-refractivity contribution in [2.24, 2.45) is 0 Å². The molecule has 2 fully saturated rings.